The molecule has 0 N–H and O–H groups in total. The maximum Gasteiger partial charge on any atom is 0.338 e. The summed E-state index contributed by atoms with van der Waals surface area (Å²) < 4.78 is 14.0. The van der Waals surface area contributed by atoms with Crippen molar-refractivity contribution >= 4 is 63.1 Å². The minimum atomic E-state index is -0.803. The van der Waals surface area contributed by atoms with Crippen LogP contribution in [-0.2, 0) is 16.1 Å². The standard InChI is InChI=1S/C39H28Cl2N2O4S/c1-2-46-38(45)34-35(26-9-4-3-5-10-26)42-39-43(36(34)27-14-19-29(41)20-15-27)37(44)33(48-39)22-31-30-11-7-6-8-25(30)16-21-32(31)47-23-24-12-17-28(40)18-13-24/h3-22,36H,2,23H2,1H3/b33-22-/t36-/m0/s1. The quantitative estimate of drug-likeness (QED) is 0.152. The van der Waals surface area contributed by atoms with Crippen LogP contribution in [0, 0.1) is 0 Å². The van der Waals surface area contributed by atoms with E-state index in [0.29, 0.717) is 43.0 Å². The average molecular weight is 692 g/mol. The molecule has 1 aliphatic heterocycles. The molecule has 1 aromatic heterocycles. The summed E-state index contributed by atoms with van der Waals surface area (Å²) in [5.74, 6) is 0.0854. The molecule has 0 spiro atoms. The van der Waals surface area contributed by atoms with Gasteiger partial charge in [0.2, 0.25) is 0 Å². The number of aromatic nitrogens is 1. The van der Waals surface area contributed by atoms with E-state index in [2.05, 4.69) is 0 Å². The van der Waals surface area contributed by atoms with Crippen LogP contribution < -0.4 is 19.6 Å². The van der Waals surface area contributed by atoms with Crippen molar-refractivity contribution in [3.8, 4) is 5.75 Å². The molecule has 0 radical (unpaired) electrons. The topological polar surface area (TPSA) is 69.9 Å². The molecule has 1 atom stereocenters. The lowest BCUT2D eigenvalue weighted by atomic mass is 9.93. The van der Waals surface area contributed by atoms with Gasteiger partial charge in [-0.15, -0.1) is 0 Å². The lowest BCUT2D eigenvalue weighted by molar-refractivity contribution is -0.138. The second-order valence-electron chi connectivity index (χ2n) is 11.1. The van der Waals surface area contributed by atoms with E-state index in [0.717, 1.165) is 27.5 Å². The summed E-state index contributed by atoms with van der Waals surface area (Å²) in [5.41, 5.74) is 3.62. The first kappa shape index (κ1) is 31.6. The molecule has 1 aliphatic rings. The van der Waals surface area contributed by atoms with Crippen LogP contribution in [0.2, 0.25) is 10.0 Å². The van der Waals surface area contributed by atoms with Crippen LogP contribution >= 0.6 is 34.5 Å². The van der Waals surface area contributed by atoms with Crippen molar-refractivity contribution in [2.45, 2.75) is 19.6 Å². The van der Waals surface area contributed by atoms with Crippen molar-refractivity contribution in [3.63, 3.8) is 0 Å². The number of thiazole rings is 1. The molecule has 2 heterocycles. The van der Waals surface area contributed by atoms with Crippen molar-refractivity contribution in [1.29, 1.82) is 0 Å². The summed E-state index contributed by atoms with van der Waals surface area (Å²) in [6.07, 6.45) is 1.86. The van der Waals surface area contributed by atoms with E-state index in [4.69, 9.17) is 37.7 Å². The predicted molar refractivity (Wildman–Crippen MR) is 192 cm³/mol. The number of carbonyl (C=O) groups is 1. The van der Waals surface area contributed by atoms with Crippen molar-refractivity contribution in [2.24, 2.45) is 4.99 Å². The summed E-state index contributed by atoms with van der Waals surface area (Å²) in [7, 11) is 0. The maximum atomic E-state index is 14.5. The molecule has 6 aromatic rings. The highest BCUT2D eigenvalue weighted by atomic mass is 35.5. The van der Waals surface area contributed by atoms with E-state index < -0.39 is 12.0 Å². The molecule has 0 bridgehead atoms. The predicted octanol–water partition coefficient (Wildman–Crippen LogP) is 7.97. The van der Waals surface area contributed by atoms with Crippen LogP contribution in [0.25, 0.3) is 22.5 Å². The summed E-state index contributed by atoms with van der Waals surface area (Å²) in [6, 6.07) is 35.2. The number of halogens is 2. The Balaban J connectivity index is 1.45. The molecule has 238 valence electrons. The van der Waals surface area contributed by atoms with Gasteiger partial charge in [0.05, 0.1) is 28.5 Å². The van der Waals surface area contributed by atoms with Crippen LogP contribution in [0.15, 0.2) is 131 Å². The van der Waals surface area contributed by atoms with E-state index in [1.54, 1.807) is 23.6 Å². The Kier molecular flexibility index (Phi) is 9.00. The Morgan fingerprint density at radius 3 is 2.29 bits per heavy atom. The molecule has 5 aromatic carbocycles. The van der Waals surface area contributed by atoms with Gasteiger partial charge < -0.3 is 9.47 Å². The fourth-order valence-corrected chi connectivity index (χ4v) is 7.06. The van der Waals surface area contributed by atoms with Gasteiger partial charge in [-0.2, -0.15) is 0 Å². The number of benzene rings is 5. The first-order valence-corrected chi connectivity index (χ1v) is 16.9. The highest BCUT2D eigenvalue weighted by Crippen LogP contribution is 2.36. The van der Waals surface area contributed by atoms with Gasteiger partial charge in [-0.05, 0) is 65.2 Å². The molecule has 0 saturated heterocycles. The zero-order valence-electron chi connectivity index (χ0n) is 25.7. The first-order valence-electron chi connectivity index (χ1n) is 15.3. The van der Waals surface area contributed by atoms with Gasteiger partial charge in [-0.25, -0.2) is 9.79 Å². The van der Waals surface area contributed by atoms with E-state index >= 15 is 0 Å². The van der Waals surface area contributed by atoms with E-state index in [1.807, 2.05) is 109 Å². The molecule has 0 fully saturated rings. The van der Waals surface area contributed by atoms with Gasteiger partial charge in [-0.1, -0.05) is 119 Å². The van der Waals surface area contributed by atoms with Crippen molar-refractivity contribution < 1.29 is 14.3 Å². The lowest BCUT2D eigenvalue weighted by Gasteiger charge is -2.26. The van der Waals surface area contributed by atoms with Gasteiger partial charge in [-0.3, -0.25) is 9.36 Å². The highest BCUT2D eigenvalue weighted by Gasteiger charge is 2.35. The molecule has 7 rings (SSSR count). The molecule has 9 heteroatoms. The number of nitrogens with zero attached hydrogens (tertiary/aromatic N) is 2. The minimum absolute atomic E-state index is 0.169. The number of esters is 1. The summed E-state index contributed by atoms with van der Waals surface area (Å²) in [4.78, 5) is 33.7. The largest absolute Gasteiger partial charge is 0.488 e. The molecule has 0 unspecified atom stereocenters. The minimum Gasteiger partial charge on any atom is -0.488 e. The summed E-state index contributed by atoms with van der Waals surface area (Å²) in [5, 5.41) is 3.13. The number of ether oxygens (including phenoxy) is 2. The monoisotopic (exact) mass is 690 g/mol. The third kappa shape index (κ3) is 6.20. The number of hydrogen-bond acceptors (Lipinski definition) is 6. The SMILES string of the molecule is CCOC(=O)C1=C(c2ccccc2)N=c2s/c(=C\c3c(OCc4ccc(Cl)cc4)ccc4ccccc34)c(=O)n2[C@H]1c1ccc(Cl)cc1. The molecular weight excluding hydrogens is 663 g/mol. The number of carbonyl (C=O) groups excluding carboxylic acids is 1. The van der Waals surface area contributed by atoms with Crippen molar-refractivity contribution in [2.75, 3.05) is 6.61 Å². The third-order valence-corrected chi connectivity index (χ3v) is 9.56. The van der Waals surface area contributed by atoms with Crippen LogP contribution in [-0.4, -0.2) is 17.1 Å². The van der Waals surface area contributed by atoms with Crippen LogP contribution in [0.1, 0.15) is 35.2 Å². The smallest absolute Gasteiger partial charge is 0.338 e. The van der Waals surface area contributed by atoms with Gasteiger partial charge in [0.1, 0.15) is 12.4 Å². The normalized spacial score (nSPS) is 14.5. The second kappa shape index (κ2) is 13.6. The summed E-state index contributed by atoms with van der Waals surface area (Å²) >= 11 is 13.6. The van der Waals surface area contributed by atoms with E-state index in [-0.39, 0.29) is 17.7 Å². The molecule has 0 amide bonds. The number of fused-ring (bicyclic) bond motifs is 2. The van der Waals surface area contributed by atoms with Gasteiger partial charge in [0, 0.05) is 21.2 Å². The zero-order valence-corrected chi connectivity index (χ0v) is 28.1. The van der Waals surface area contributed by atoms with Gasteiger partial charge >= 0.3 is 5.97 Å². The maximum absolute atomic E-state index is 14.5. The Morgan fingerprint density at radius 1 is 0.875 bits per heavy atom. The Labute approximate surface area is 290 Å². The number of hydrogen-bond donors (Lipinski definition) is 0. The fourth-order valence-electron chi connectivity index (χ4n) is 5.82. The fraction of sp³-hybridized carbons (Fsp3) is 0.103. The zero-order chi connectivity index (χ0) is 33.2. The molecule has 48 heavy (non-hydrogen) atoms. The average Bonchev–Trinajstić information content (AvgIpc) is 3.42. The van der Waals surface area contributed by atoms with Crippen molar-refractivity contribution in [1.82, 2.24) is 4.57 Å². The second-order valence-corrected chi connectivity index (χ2v) is 13.0. The van der Waals surface area contributed by atoms with Gasteiger partial charge in [0.25, 0.3) is 5.56 Å². The highest BCUT2D eigenvalue weighted by molar-refractivity contribution is 7.07. The molecule has 0 aliphatic carbocycles. The van der Waals surface area contributed by atoms with Gasteiger partial charge in [0.15, 0.2) is 4.80 Å². The Morgan fingerprint density at radius 2 is 1.56 bits per heavy atom. The van der Waals surface area contributed by atoms with Crippen LogP contribution in [0.4, 0.5) is 0 Å². The van der Waals surface area contributed by atoms with Crippen LogP contribution in [0.3, 0.4) is 0 Å². The molecule has 6 nitrogen and oxygen atoms in total. The number of rotatable bonds is 8. The molecule has 0 saturated carbocycles. The Hall–Kier alpha value is -4.95. The van der Waals surface area contributed by atoms with E-state index in [9.17, 15) is 9.59 Å². The first-order chi connectivity index (χ1) is 23.4. The van der Waals surface area contributed by atoms with E-state index in [1.165, 1.54) is 11.3 Å². The lowest BCUT2D eigenvalue weighted by Crippen LogP contribution is -2.40. The molecular formula is C39H28Cl2N2O4S. The van der Waals surface area contributed by atoms with Crippen molar-refractivity contribution in [3.05, 3.63) is 173 Å². The summed E-state index contributed by atoms with van der Waals surface area (Å²) in [6.45, 7) is 2.24. The Bertz CT molecular complexity index is 2360. The van der Waals surface area contributed by atoms with Crippen LogP contribution in [0.5, 0.6) is 5.75 Å². The third-order valence-electron chi connectivity index (χ3n) is 8.07.